The summed E-state index contributed by atoms with van der Waals surface area (Å²) in [6.45, 7) is 5.72. The average Bonchev–Trinajstić information content (AvgIpc) is 2.10. The monoisotopic (exact) mass is 210 g/mol. The molecule has 0 aliphatic carbocycles. The van der Waals surface area contributed by atoms with E-state index in [2.05, 4.69) is 0 Å². The summed E-state index contributed by atoms with van der Waals surface area (Å²) in [5.74, 6) is 0.898. The molecular weight excluding hydrogens is 192 g/mol. The molecular formula is C12H18O3. The second-order valence-corrected chi connectivity index (χ2v) is 4.31. The van der Waals surface area contributed by atoms with Crippen LogP contribution in [0.3, 0.4) is 0 Å². The number of benzene rings is 1. The standard InChI is InChI=1S/C12H18O3/c1-9-10(13)5-4-6-11(9)15-8-7-12(2,3)14/h4-6,13-14H,7-8H2,1-3H3. The molecule has 0 spiro atoms. The zero-order valence-electron chi connectivity index (χ0n) is 9.45. The first-order chi connectivity index (χ1) is 6.90. The number of aromatic hydroxyl groups is 1. The fraction of sp³-hybridized carbons (Fsp3) is 0.500. The Balaban J connectivity index is 2.55. The molecule has 0 saturated heterocycles. The first-order valence-electron chi connectivity index (χ1n) is 5.04. The highest BCUT2D eigenvalue weighted by atomic mass is 16.5. The third-order valence-corrected chi connectivity index (χ3v) is 2.23. The van der Waals surface area contributed by atoms with Crippen molar-refractivity contribution in [3.05, 3.63) is 23.8 Å². The van der Waals surface area contributed by atoms with Gasteiger partial charge in [0, 0.05) is 12.0 Å². The Morgan fingerprint density at radius 1 is 1.33 bits per heavy atom. The predicted octanol–water partition coefficient (Wildman–Crippen LogP) is 2.24. The largest absolute Gasteiger partial charge is 0.508 e. The molecule has 0 heterocycles. The van der Waals surface area contributed by atoms with Gasteiger partial charge in [0.25, 0.3) is 0 Å². The number of phenolic OH excluding ortho intramolecular Hbond substituents is 1. The fourth-order valence-electron chi connectivity index (χ4n) is 1.17. The van der Waals surface area contributed by atoms with Crippen molar-refractivity contribution < 1.29 is 14.9 Å². The van der Waals surface area contributed by atoms with Crippen molar-refractivity contribution in [1.29, 1.82) is 0 Å². The molecule has 0 radical (unpaired) electrons. The number of hydrogen-bond donors (Lipinski definition) is 2. The van der Waals surface area contributed by atoms with Crippen molar-refractivity contribution in [2.24, 2.45) is 0 Å². The molecule has 0 amide bonds. The van der Waals surface area contributed by atoms with Crippen LogP contribution >= 0.6 is 0 Å². The van der Waals surface area contributed by atoms with E-state index in [-0.39, 0.29) is 5.75 Å². The number of ether oxygens (including phenoxy) is 1. The van der Waals surface area contributed by atoms with E-state index in [1.54, 1.807) is 39.0 Å². The van der Waals surface area contributed by atoms with Gasteiger partial charge in [-0.25, -0.2) is 0 Å². The van der Waals surface area contributed by atoms with Gasteiger partial charge in [-0.05, 0) is 32.9 Å². The summed E-state index contributed by atoms with van der Waals surface area (Å²) in [6.07, 6.45) is 0.558. The molecule has 0 unspecified atom stereocenters. The second kappa shape index (κ2) is 4.53. The molecule has 3 heteroatoms. The smallest absolute Gasteiger partial charge is 0.125 e. The van der Waals surface area contributed by atoms with Gasteiger partial charge in [0.2, 0.25) is 0 Å². The lowest BCUT2D eigenvalue weighted by atomic mass is 10.1. The van der Waals surface area contributed by atoms with Gasteiger partial charge in [0.15, 0.2) is 0 Å². The van der Waals surface area contributed by atoms with E-state index in [9.17, 15) is 10.2 Å². The van der Waals surface area contributed by atoms with Gasteiger partial charge in [0.05, 0.1) is 12.2 Å². The van der Waals surface area contributed by atoms with Crippen LogP contribution in [0.25, 0.3) is 0 Å². The SMILES string of the molecule is Cc1c(O)cccc1OCCC(C)(C)O. The summed E-state index contributed by atoms with van der Waals surface area (Å²) in [4.78, 5) is 0. The summed E-state index contributed by atoms with van der Waals surface area (Å²) in [5, 5.41) is 18.9. The van der Waals surface area contributed by atoms with Crippen LogP contribution in [0.15, 0.2) is 18.2 Å². The van der Waals surface area contributed by atoms with Crippen LogP contribution in [0.5, 0.6) is 11.5 Å². The number of aliphatic hydroxyl groups is 1. The number of rotatable bonds is 4. The van der Waals surface area contributed by atoms with E-state index in [1.807, 2.05) is 0 Å². The molecule has 0 atom stereocenters. The minimum Gasteiger partial charge on any atom is -0.508 e. The summed E-state index contributed by atoms with van der Waals surface area (Å²) >= 11 is 0. The quantitative estimate of drug-likeness (QED) is 0.801. The lowest BCUT2D eigenvalue weighted by molar-refractivity contribution is 0.0552. The van der Waals surface area contributed by atoms with Gasteiger partial charge < -0.3 is 14.9 Å². The van der Waals surface area contributed by atoms with E-state index in [4.69, 9.17) is 4.74 Å². The molecule has 0 fully saturated rings. The van der Waals surface area contributed by atoms with Crippen LogP contribution < -0.4 is 4.74 Å². The lowest BCUT2D eigenvalue weighted by Gasteiger charge is -2.17. The second-order valence-electron chi connectivity index (χ2n) is 4.31. The van der Waals surface area contributed by atoms with Gasteiger partial charge in [-0.15, -0.1) is 0 Å². The molecule has 0 aliphatic rings. The average molecular weight is 210 g/mol. The minimum absolute atomic E-state index is 0.232. The molecule has 15 heavy (non-hydrogen) atoms. The first-order valence-corrected chi connectivity index (χ1v) is 5.04. The van der Waals surface area contributed by atoms with Crippen molar-refractivity contribution in [1.82, 2.24) is 0 Å². The van der Waals surface area contributed by atoms with Gasteiger partial charge in [0.1, 0.15) is 11.5 Å². The Morgan fingerprint density at radius 2 is 2.00 bits per heavy atom. The van der Waals surface area contributed by atoms with E-state index < -0.39 is 5.60 Å². The van der Waals surface area contributed by atoms with E-state index >= 15 is 0 Å². The normalized spacial score (nSPS) is 11.5. The van der Waals surface area contributed by atoms with Crippen molar-refractivity contribution in [2.45, 2.75) is 32.8 Å². The molecule has 1 aromatic rings. The van der Waals surface area contributed by atoms with E-state index in [1.165, 1.54) is 0 Å². The molecule has 84 valence electrons. The molecule has 0 bridgehead atoms. The minimum atomic E-state index is -0.718. The zero-order chi connectivity index (χ0) is 11.5. The van der Waals surface area contributed by atoms with Crippen molar-refractivity contribution >= 4 is 0 Å². The lowest BCUT2D eigenvalue weighted by Crippen LogP contribution is -2.21. The molecule has 0 aromatic heterocycles. The van der Waals surface area contributed by atoms with E-state index in [0.29, 0.717) is 18.8 Å². The maximum Gasteiger partial charge on any atom is 0.125 e. The predicted molar refractivity (Wildman–Crippen MR) is 59.3 cm³/mol. The van der Waals surface area contributed by atoms with Gasteiger partial charge >= 0.3 is 0 Å². The van der Waals surface area contributed by atoms with Gasteiger partial charge in [-0.2, -0.15) is 0 Å². The highest BCUT2D eigenvalue weighted by Gasteiger charge is 2.12. The Labute approximate surface area is 90.3 Å². The van der Waals surface area contributed by atoms with Crippen LogP contribution in [0.2, 0.25) is 0 Å². The van der Waals surface area contributed by atoms with Crippen LogP contribution in [-0.2, 0) is 0 Å². The molecule has 0 saturated carbocycles. The highest BCUT2D eigenvalue weighted by molar-refractivity contribution is 5.42. The molecule has 0 aliphatic heterocycles. The fourth-order valence-corrected chi connectivity index (χ4v) is 1.17. The Morgan fingerprint density at radius 3 is 2.60 bits per heavy atom. The molecule has 1 rings (SSSR count). The first kappa shape index (κ1) is 11.9. The van der Waals surface area contributed by atoms with Gasteiger partial charge in [-0.1, -0.05) is 6.07 Å². The Hall–Kier alpha value is -1.22. The van der Waals surface area contributed by atoms with Crippen LogP contribution in [0.1, 0.15) is 25.8 Å². The molecule has 2 N–H and O–H groups in total. The van der Waals surface area contributed by atoms with Crippen molar-refractivity contribution in [3.63, 3.8) is 0 Å². The highest BCUT2D eigenvalue weighted by Crippen LogP contribution is 2.26. The van der Waals surface area contributed by atoms with Crippen LogP contribution in [0.4, 0.5) is 0 Å². The summed E-state index contributed by atoms with van der Waals surface area (Å²) < 4.78 is 5.47. The van der Waals surface area contributed by atoms with Crippen LogP contribution in [0, 0.1) is 6.92 Å². The third-order valence-electron chi connectivity index (χ3n) is 2.23. The summed E-state index contributed by atoms with van der Waals surface area (Å²) in [7, 11) is 0. The summed E-state index contributed by atoms with van der Waals surface area (Å²) in [6, 6.07) is 5.17. The van der Waals surface area contributed by atoms with Crippen molar-refractivity contribution in [2.75, 3.05) is 6.61 Å². The maximum atomic E-state index is 9.49. The van der Waals surface area contributed by atoms with Crippen LogP contribution in [-0.4, -0.2) is 22.4 Å². The maximum absolute atomic E-state index is 9.49. The molecule has 1 aromatic carbocycles. The molecule has 3 nitrogen and oxygen atoms in total. The van der Waals surface area contributed by atoms with Crippen molar-refractivity contribution in [3.8, 4) is 11.5 Å². The Bertz CT molecular complexity index is 326. The number of hydrogen-bond acceptors (Lipinski definition) is 3. The van der Waals surface area contributed by atoms with Gasteiger partial charge in [-0.3, -0.25) is 0 Å². The zero-order valence-corrected chi connectivity index (χ0v) is 9.45. The summed E-state index contributed by atoms with van der Waals surface area (Å²) in [5.41, 5.74) is 0.0123. The third kappa shape index (κ3) is 3.80. The van der Waals surface area contributed by atoms with E-state index in [0.717, 1.165) is 5.56 Å². The Kier molecular flexibility index (Phi) is 3.58. The topological polar surface area (TPSA) is 49.7 Å². The number of phenols is 1.